The van der Waals surface area contributed by atoms with E-state index in [0.717, 1.165) is 6.07 Å². The highest BCUT2D eigenvalue weighted by Crippen LogP contribution is 2.19. The van der Waals surface area contributed by atoms with Gasteiger partial charge in [0.05, 0.1) is 9.82 Å². The first-order valence-electron chi connectivity index (χ1n) is 7.96. The van der Waals surface area contributed by atoms with E-state index < -0.39 is 23.8 Å². The fourth-order valence-corrected chi connectivity index (χ4v) is 5.87. The fraction of sp³-hybridized carbons (Fsp3) is 0.571. The van der Waals surface area contributed by atoms with Gasteiger partial charge in [-0.15, -0.1) is 0 Å². The van der Waals surface area contributed by atoms with Gasteiger partial charge in [0.1, 0.15) is 0 Å². The second-order valence-electron chi connectivity index (χ2n) is 4.88. The molecule has 0 aliphatic heterocycles. The first-order valence-corrected chi connectivity index (χ1v) is 11.4. The fourth-order valence-electron chi connectivity index (χ4n) is 2.19. The van der Waals surface area contributed by atoms with E-state index >= 15 is 0 Å². The number of nitrogens with zero attached hydrogens (tertiary/aromatic N) is 1. The molecule has 0 saturated carbocycles. The summed E-state index contributed by atoms with van der Waals surface area (Å²) in [5, 5.41) is 10.8. The van der Waals surface area contributed by atoms with Crippen LogP contribution in [0.25, 0.3) is 0 Å². The molecule has 0 aromatic heterocycles. The van der Waals surface area contributed by atoms with Crippen LogP contribution >= 0.6 is 0 Å². The second kappa shape index (κ2) is 9.94. The monoisotopic (exact) mass is 392 g/mol. The molecule has 0 spiro atoms. The van der Waals surface area contributed by atoms with Crippen LogP contribution in [0.3, 0.4) is 0 Å². The number of nitro benzene ring substituents is 1. The van der Waals surface area contributed by atoms with Crippen molar-refractivity contribution in [1.82, 2.24) is 4.72 Å². The van der Waals surface area contributed by atoms with Crippen LogP contribution in [-0.4, -0.2) is 48.5 Å². The average Bonchev–Trinajstić information content (AvgIpc) is 2.55. The van der Waals surface area contributed by atoms with Crippen molar-refractivity contribution in [1.29, 1.82) is 0 Å². The maximum absolute atomic E-state index is 12.3. The highest BCUT2D eigenvalue weighted by molar-refractivity contribution is 7.89. The number of rotatable bonds is 12. The Morgan fingerprint density at radius 2 is 1.68 bits per heavy atom. The lowest BCUT2D eigenvalue weighted by Crippen LogP contribution is -2.48. The zero-order valence-electron chi connectivity index (χ0n) is 14.6. The van der Waals surface area contributed by atoms with Gasteiger partial charge < -0.3 is 13.3 Å². The van der Waals surface area contributed by atoms with Gasteiger partial charge in [-0.3, -0.25) is 10.1 Å². The first-order chi connectivity index (χ1) is 11.8. The van der Waals surface area contributed by atoms with E-state index in [0.29, 0.717) is 19.8 Å². The number of hydrogen-bond donors (Lipinski definition) is 1. The van der Waals surface area contributed by atoms with Crippen molar-refractivity contribution in [2.75, 3.05) is 26.4 Å². The van der Waals surface area contributed by atoms with Crippen molar-refractivity contribution in [2.24, 2.45) is 0 Å². The highest BCUT2D eigenvalue weighted by atomic mass is 32.2. The number of hydrogen-bond acceptors (Lipinski definition) is 7. The van der Waals surface area contributed by atoms with Gasteiger partial charge in [0, 0.05) is 44.5 Å². The molecule has 0 unspecified atom stereocenters. The van der Waals surface area contributed by atoms with Gasteiger partial charge in [-0.1, -0.05) is 6.07 Å². The van der Waals surface area contributed by atoms with E-state index in [2.05, 4.69) is 4.72 Å². The maximum atomic E-state index is 12.3. The molecule has 11 heteroatoms. The van der Waals surface area contributed by atoms with E-state index in [4.69, 9.17) is 13.3 Å². The van der Waals surface area contributed by atoms with E-state index in [-0.39, 0.29) is 23.2 Å². The number of nitrogens with one attached hydrogen (secondary N) is 1. The summed E-state index contributed by atoms with van der Waals surface area (Å²) >= 11 is 0. The average molecular weight is 393 g/mol. The summed E-state index contributed by atoms with van der Waals surface area (Å²) in [7, 11) is -6.84. The maximum Gasteiger partial charge on any atom is 0.502 e. The Morgan fingerprint density at radius 1 is 1.12 bits per heavy atom. The Kier molecular flexibility index (Phi) is 8.62. The molecule has 0 fully saturated rings. The molecule has 1 rings (SSSR count). The molecule has 25 heavy (non-hydrogen) atoms. The molecule has 0 amide bonds. The lowest BCUT2D eigenvalue weighted by molar-refractivity contribution is -0.385. The minimum Gasteiger partial charge on any atom is -0.374 e. The molecule has 0 bridgehead atoms. The smallest absolute Gasteiger partial charge is 0.374 e. The van der Waals surface area contributed by atoms with Crippen LogP contribution in [-0.2, 0) is 23.3 Å². The van der Waals surface area contributed by atoms with E-state index in [9.17, 15) is 18.5 Å². The Labute approximate surface area is 148 Å². The summed E-state index contributed by atoms with van der Waals surface area (Å²) in [6.07, 6.45) is 0. The SMILES string of the molecule is CCO[Si](CCNS(=O)(=O)c1cccc([N+](=O)[O-])c1)(OCC)OCC. The van der Waals surface area contributed by atoms with Gasteiger partial charge >= 0.3 is 8.80 Å². The molecule has 9 nitrogen and oxygen atoms in total. The Balaban J connectivity index is 2.83. The Hall–Kier alpha value is -1.37. The second-order valence-corrected chi connectivity index (χ2v) is 9.38. The Bertz CT molecular complexity index is 652. The van der Waals surface area contributed by atoms with E-state index in [1.54, 1.807) is 0 Å². The third-order valence-electron chi connectivity index (χ3n) is 3.15. The number of sulfonamides is 1. The van der Waals surface area contributed by atoms with Crippen molar-refractivity contribution < 1.29 is 26.6 Å². The van der Waals surface area contributed by atoms with Crippen molar-refractivity contribution in [3.8, 4) is 0 Å². The molecule has 0 saturated heterocycles. The molecular weight excluding hydrogens is 368 g/mol. The molecule has 0 aliphatic carbocycles. The van der Waals surface area contributed by atoms with Crippen molar-refractivity contribution in [3.63, 3.8) is 0 Å². The summed E-state index contributed by atoms with van der Waals surface area (Å²) in [6, 6.07) is 5.13. The zero-order valence-corrected chi connectivity index (χ0v) is 16.4. The van der Waals surface area contributed by atoms with Crippen LogP contribution in [0, 0.1) is 10.1 Å². The zero-order chi connectivity index (χ0) is 18.9. The van der Waals surface area contributed by atoms with Crippen LogP contribution < -0.4 is 4.72 Å². The summed E-state index contributed by atoms with van der Waals surface area (Å²) in [5.74, 6) is 0. The van der Waals surface area contributed by atoms with Crippen LogP contribution in [0.2, 0.25) is 6.04 Å². The largest absolute Gasteiger partial charge is 0.502 e. The third-order valence-corrected chi connectivity index (χ3v) is 7.66. The third kappa shape index (κ3) is 6.45. The van der Waals surface area contributed by atoms with Crippen LogP contribution in [0.15, 0.2) is 29.2 Å². The number of nitro groups is 1. The van der Waals surface area contributed by atoms with Gasteiger partial charge in [-0.05, 0) is 26.8 Å². The topological polar surface area (TPSA) is 117 Å². The predicted octanol–water partition coefficient (Wildman–Crippen LogP) is 1.92. The van der Waals surface area contributed by atoms with Crippen LogP contribution in [0.4, 0.5) is 5.69 Å². The lowest BCUT2D eigenvalue weighted by Gasteiger charge is -2.28. The number of benzene rings is 1. The van der Waals surface area contributed by atoms with Crippen molar-refractivity contribution in [2.45, 2.75) is 31.7 Å². The minimum atomic E-state index is -3.88. The highest BCUT2D eigenvalue weighted by Gasteiger charge is 2.40. The van der Waals surface area contributed by atoms with Gasteiger partial charge in [-0.25, -0.2) is 13.1 Å². The van der Waals surface area contributed by atoms with E-state index in [1.807, 2.05) is 20.8 Å². The molecule has 1 aromatic carbocycles. The van der Waals surface area contributed by atoms with Gasteiger partial charge in [0.2, 0.25) is 10.0 Å². The lowest BCUT2D eigenvalue weighted by atomic mass is 10.3. The molecule has 142 valence electrons. The standard InChI is InChI=1S/C14H24N2O7SSi/c1-4-21-25(22-5-2,23-6-3)11-10-15-24(19,20)14-9-7-8-13(12-14)16(17)18/h7-9,12,15H,4-6,10-11H2,1-3H3. The van der Waals surface area contributed by atoms with Gasteiger partial charge in [0.25, 0.3) is 5.69 Å². The summed E-state index contributed by atoms with van der Waals surface area (Å²) in [4.78, 5) is 9.98. The number of non-ortho nitro benzene ring substituents is 1. The molecular formula is C14H24N2O7SSi. The van der Waals surface area contributed by atoms with E-state index in [1.165, 1.54) is 18.2 Å². The van der Waals surface area contributed by atoms with Crippen molar-refractivity contribution >= 4 is 24.5 Å². The minimum absolute atomic E-state index is 0.0389. The summed E-state index contributed by atoms with van der Waals surface area (Å²) in [6.45, 7) is 6.65. The summed E-state index contributed by atoms with van der Waals surface area (Å²) < 4.78 is 44.0. The van der Waals surface area contributed by atoms with Gasteiger partial charge in [-0.2, -0.15) is 0 Å². The normalized spacial score (nSPS) is 12.3. The Morgan fingerprint density at radius 3 is 2.16 bits per heavy atom. The van der Waals surface area contributed by atoms with Crippen molar-refractivity contribution in [3.05, 3.63) is 34.4 Å². The molecule has 0 radical (unpaired) electrons. The predicted molar refractivity (Wildman–Crippen MR) is 93.7 cm³/mol. The molecule has 1 N–H and O–H groups in total. The van der Waals surface area contributed by atoms with Crippen LogP contribution in [0.5, 0.6) is 0 Å². The first kappa shape index (κ1) is 21.7. The molecule has 0 heterocycles. The molecule has 0 atom stereocenters. The van der Waals surface area contributed by atoms with Gasteiger partial charge in [0.15, 0.2) is 0 Å². The molecule has 0 aliphatic rings. The molecule has 1 aromatic rings. The quantitative estimate of drug-likeness (QED) is 0.328. The summed E-state index contributed by atoms with van der Waals surface area (Å²) in [5.41, 5.74) is -0.287. The van der Waals surface area contributed by atoms with Crippen LogP contribution in [0.1, 0.15) is 20.8 Å².